The molecule has 0 saturated carbocycles. The van der Waals surface area contributed by atoms with Gasteiger partial charge in [-0.15, -0.1) is 0 Å². The number of hydrogen-bond donors (Lipinski definition) is 0. The van der Waals surface area contributed by atoms with Gasteiger partial charge < -0.3 is 4.74 Å². The summed E-state index contributed by atoms with van der Waals surface area (Å²) in [6, 6.07) is 8.99. The van der Waals surface area contributed by atoms with Crippen LogP contribution >= 0.6 is 0 Å². The van der Waals surface area contributed by atoms with Crippen LogP contribution in [0.4, 0.5) is 0 Å². The number of carbonyl (C=O) groups is 1. The third-order valence-electron chi connectivity index (χ3n) is 1.41. The second kappa shape index (κ2) is 5.48. The van der Waals surface area contributed by atoms with Crippen molar-refractivity contribution in [2.75, 3.05) is 0 Å². The maximum atomic E-state index is 11.4. The molecular formula is C11H14O2Pb. The summed E-state index contributed by atoms with van der Waals surface area (Å²) in [7, 11) is 0. The molecular weight excluding hydrogens is 371 g/mol. The minimum atomic E-state index is -0.424. The third-order valence-corrected chi connectivity index (χ3v) is 1.41. The van der Waals surface area contributed by atoms with Gasteiger partial charge in [-0.1, -0.05) is 18.2 Å². The molecule has 0 aromatic heterocycles. The van der Waals surface area contributed by atoms with E-state index in [1.165, 1.54) is 0 Å². The molecule has 0 aliphatic carbocycles. The predicted octanol–water partition coefficient (Wildman–Crippen LogP) is 2.26. The van der Waals surface area contributed by atoms with Crippen LogP contribution in [0.25, 0.3) is 0 Å². The normalized spacial score (nSPS) is 10.2. The van der Waals surface area contributed by atoms with Crippen LogP contribution in [0.1, 0.15) is 31.1 Å². The second-order valence-corrected chi connectivity index (χ2v) is 3.87. The fourth-order valence-corrected chi connectivity index (χ4v) is 0.911. The minimum absolute atomic E-state index is 0. The smallest absolute Gasteiger partial charge is 0.338 e. The summed E-state index contributed by atoms with van der Waals surface area (Å²) in [6.45, 7) is 5.56. The van der Waals surface area contributed by atoms with E-state index in [0.717, 1.165) is 0 Å². The van der Waals surface area contributed by atoms with Crippen LogP contribution in [0.5, 0.6) is 0 Å². The molecule has 0 bridgehead atoms. The van der Waals surface area contributed by atoms with Crippen molar-refractivity contribution in [1.29, 1.82) is 0 Å². The Kier molecular flexibility index (Phi) is 5.33. The Morgan fingerprint density at radius 3 is 2.07 bits per heavy atom. The molecule has 1 aromatic carbocycles. The zero-order valence-corrected chi connectivity index (χ0v) is 12.6. The van der Waals surface area contributed by atoms with Gasteiger partial charge in [0, 0.05) is 27.3 Å². The van der Waals surface area contributed by atoms with Crippen molar-refractivity contribution in [3.8, 4) is 0 Å². The first-order valence-electron chi connectivity index (χ1n) is 4.27. The average molecular weight is 385 g/mol. The van der Waals surface area contributed by atoms with Gasteiger partial charge in [-0.05, 0) is 32.9 Å². The molecule has 0 unspecified atom stereocenters. The summed E-state index contributed by atoms with van der Waals surface area (Å²) >= 11 is 0. The van der Waals surface area contributed by atoms with Crippen LogP contribution in [0.15, 0.2) is 30.3 Å². The standard InChI is InChI=1S/C11H14O2.Pb/c1-11(2,3)13-10(12)9-7-5-4-6-8-9;/h4-8H,1-3H3;. The summed E-state index contributed by atoms with van der Waals surface area (Å²) in [6.07, 6.45) is 0. The monoisotopic (exact) mass is 386 g/mol. The van der Waals surface area contributed by atoms with Gasteiger partial charge in [0.2, 0.25) is 0 Å². The number of benzene rings is 1. The molecule has 0 amide bonds. The maximum absolute atomic E-state index is 11.4. The Bertz CT molecular complexity index is 288. The molecule has 2 nitrogen and oxygen atoms in total. The van der Waals surface area contributed by atoms with E-state index in [1.807, 2.05) is 39.0 Å². The molecule has 0 fully saturated rings. The molecule has 0 heterocycles. The van der Waals surface area contributed by atoms with Gasteiger partial charge in [0.25, 0.3) is 0 Å². The molecule has 0 aliphatic heterocycles. The van der Waals surface area contributed by atoms with Crippen LogP contribution in [0.3, 0.4) is 0 Å². The molecule has 14 heavy (non-hydrogen) atoms. The Balaban J connectivity index is 0.00000169. The van der Waals surface area contributed by atoms with E-state index in [0.29, 0.717) is 5.56 Å². The fourth-order valence-electron chi connectivity index (χ4n) is 0.911. The molecule has 1 rings (SSSR count). The maximum Gasteiger partial charge on any atom is 0.338 e. The van der Waals surface area contributed by atoms with Crippen molar-refractivity contribution in [3.63, 3.8) is 0 Å². The molecule has 4 radical (unpaired) electrons. The van der Waals surface area contributed by atoms with E-state index in [-0.39, 0.29) is 33.3 Å². The van der Waals surface area contributed by atoms with Crippen LogP contribution in [-0.4, -0.2) is 38.9 Å². The molecule has 0 spiro atoms. The summed E-state index contributed by atoms with van der Waals surface area (Å²) in [5.41, 5.74) is 0.171. The van der Waals surface area contributed by atoms with Crippen molar-refractivity contribution in [1.82, 2.24) is 0 Å². The number of carbonyl (C=O) groups excluding carboxylic acids is 1. The SMILES string of the molecule is CC(C)(C)OC(=O)c1ccccc1.[Pb]. The Morgan fingerprint density at radius 2 is 1.64 bits per heavy atom. The van der Waals surface area contributed by atoms with Gasteiger partial charge in [0.1, 0.15) is 5.60 Å². The number of hydrogen-bond acceptors (Lipinski definition) is 2. The zero-order chi connectivity index (χ0) is 9.90. The molecule has 0 atom stereocenters. The molecule has 0 saturated heterocycles. The Hall–Kier alpha value is -0.388. The summed E-state index contributed by atoms with van der Waals surface area (Å²) in [5.74, 6) is -0.270. The number of ether oxygens (including phenoxy) is 1. The van der Waals surface area contributed by atoms with Gasteiger partial charge in [0.15, 0.2) is 0 Å². The van der Waals surface area contributed by atoms with Crippen molar-refractivity contribution < 1.29 is 9.53 Å². The number of esters is 1. The van der Waals surface area contributed by atoms with Gasteiger partial charge in [-0.25, -0.2) is 4.79 Å². The van der Waals surface area contributed by atoms with Gasteiger partial charge in [-0.3, -0.25) is 0 Å². The molecule has 3 heteroatoms. The minimum Gasteiger partial charge on any atom is -0.456 e. The average Bonchev–Trinajstić information content (AvgIpc) is 2.03. The zero-order valence-electron chi connectivity index (χ0n) is 8.70. The van der Waals surface area contributed by atoms with E-state index in [2.05, 4.69) is 0 Å². The van der Waals surface area contributed by atoms with Gasteiger partial charge in [0.05, 0.1) is 5.56 Å². The van der Waals surface area contributed by atoms with E-state index in [4.69, 9.17) is 4.74 Å². The van der Waals surface area contributed by atoms with E-state index in [1.54, 1.807) is 12.1 Å². The quantitative estimate of drug-likeness (QED) is 0.548. The van der Waals surface area contributed by atoms with Crippen molar-refractivity contribution >= 4 is 33.3 Å². The van der Waals surface area contributed by atoms with E-state index >= 15 is 0 Å². The van der Waals surface area contributed by atoms with Crippen molar-refractivity contribution in [3.05, 3.63) is 35.9 Å². The van der Waals surface area contributed by atoms with Gasteiger partial charge >= 0.3 is 5.97 Å². The molecule has 74 valence electrons. The van der Waals surface area contributed by atoms with Crippen molar-refractivity contribution in [2.45, 2.75) is 26.4 Å². The molecule has 0 aliphatic rings. The van der Waals surface area contributed by atoms with E-state index in [9.17, 15) is 4.79 Å². The first-order valence-corrected chi connectivity index (χ1v) is 4.27. The fraction of sp³-hybridized carbons (Fsp3) is 0.364. The molecule has 0 N–H and O–H groups in total. The molecule has 1 aromatic rings. The predicted molar refractivity (Wildman–Crippen MR) is 57.4 cm³/mol. The number of rotatable bonds is 1. The first kappa shape index (κ1) is 13.6. The van der Waals surface area contributed by atoms with Crippen LogP contribution in [0, 0.1) is 0 Å². The van der Waals surface area contributed by atoms with Crippen LogP contribution in [0.2, 0.25) is 0 Å². The third kappa shape index (κ3) is 4.74. The summed E-state index contributed by atoms with van der Waals surface area (Å²) < 4.78 is 5.18. The van der Waals surface area contributed by atoms with Crippen molar-refractivity contribution in [2.24, 2.45) is 0 Å². The first-order chi connectivity index (χ1) is 5.99. The van der Waals surface area contributed by atoms with E-state index < -0.39 is 5.60 Å². The summed E-state index contributed by atoms with van der Waals surface area (Å²) in [4.78, 5) is 11.4. The van der Waals surface area contributed by atoms with Crippen LogP contribution in [-0.2, 0) is 4.74 Å². The Labute approximate surface area is 105 Å². The van der Waals surface area contributed by atoms with Gasteiger partial charge in [-0.2, -0.15) is 0 Å². The Morgan fingerprint density at radius 1 is 1.14 bits per heavy atom. The summed E-state index contributed by atoms with van der Waals surface area (Å²) in [5, 5.41) is 0. The largest absolute Gasteiger partial charge is 0.456 e. The topological polar surface area (TPSA) is 26.3 Å². The van der Waals surface area contributed by atoms with Crippen LogP contribution < -0.4 is 0 Å². The second-order valence-electron chi connectivity index (χ2n) is 3.87.